The average molecular weight is 358 g/mol. The number of pyridine rings is 1. The Hall–Kier alpha value is -3.13. The van der Waals surface area contributed by atoms with Crippen LogP contribution in [0.3, 0.4) is 0 Å². The third-order valence-electron chi connectivity index (χ3n) is 3.65. The molecular weight excluding hydrogens is 339 g/mol. The van der Waals surface area contributed by atoms with E-state index < -0.39 is 0 Å². The molecule has 0 saturated carbocycles. The Kier molecular flexibility index (Phi) is 5.65. The van der Waals surface area contributed by atoms with Crippen LogP contribution < -0.4 is 20.5 Å². The van der Waals surface area contributed by atoms with Crippen LogP contribution in [0.5, 0.6) is 11.6 Å². The Balaban J connectivity index is 1.66. The number of oxazole rings is 1. The second-order valence-electron chi connectivity index (χ2n) is 5.47. The van der Waals surface area contributed by atoms with Crippen molar-refractivity contribution in [2.75, 3.05) is 25.6 Å². The molecule has 0 aliphatic rings. The number of anilines is 1. The van der Waals surface area contributed by atoms with Crippen molar-refractivity contribution in [3.63, 3.8) is 0 Å². The van der Waals surface area contributed by atoms with Gasteiger partial charge in [0, 0.05) is 37.0 Å². The smallest absolute Gasteiger partial charge is 0.295 e. The van der Waals surface area contributed by atoms with Gasteiger partial charge in [-0.15, -0.1) is 0 Å². The molecular formula is C18H19FN4O3. The molecule has 26 heavy (non-hydrogen) atoms. The van der Waals surface area contributed by atoms with Crippen molar-refractivity contribution in [3.8, 4) is 11.6 Å². The number of benzene rings is 1. The molecule has 3 rings (SSSR count). The van der Waals surface area contributed by atoms with Gasteiger partial charge in [0.2, 0.25) is 5.88 Å². The van der Waals surface area contributed by atoms with Crippen LogP contribution in [0.15, 0.2) is 52.8 Å². The van der Waals surface area contributed by atoms with Crippen LogP contribution >= 0.6 is 0 Å². The van der Waals surface area contributed by atoms with E-state index in [1.807, 2.05) is 12.1 Å². The molecule has 0 spiro atoms. The van der Waals surface area contributed by atoms with Crippen LogP contribution in [0.4, 0.5) is 10.4 Å². The molecule has 0 bridgehead atoms. The molecule has 0 saturated heterocycles. The van der Waals surface area contributed by atoms with Crippen molar-refractivity contribution >= 4 is 17.1 Å². The summed E-state index contributed by atoms with van der Waals surface area (Å²) in [5.41, 5.74) is 8.01. The minimum atomic E-state index is 0.0849. The minimum absolute atomic E-state index is 0.0849. The number of hydrogen-bond donors (Lipinski definition) is 2. The summed E-state index contributed by atoms with van der Waals surface area (Å²) < 4.78 is 28.8. The van der Waals surface area contributed by atoms with Crippen LogP contribution in [-0.2, 0) is 6.54 Å². The van der Waals surface area contributed by atoms with Crippen LogP contribution in [0.1, 0.15) is 5.56 Å². The zero-order valence-corrected chi connectivity index (χ0v) is 14.2. The first kappa shape index (κ1) is 17.7. The van der Waals surface area contributed by atoms with Crippen LogP contribution in [0, 0.1) is 0 Å². The van der Waals surface area contributed by atoms with E-state index in [1.54, 1.807) is 31.5 Å². The second kappa shape index (κ2) is 8.30. The standard InChI is InChI=1S/C18H19FN4O3/c1-24-17-6-12(4-5-21-17)10-22-18-23-15-3-2-14(7-16(15)26-18)25-11-13(8-19)9-20/h2-8H,9-11,20H2,1H3,(H,22,23). The first-order chi connectivity index (χ1) is 12.7. The van der Waals surface area contributed by atoms with Crippen LogP contribution in [-0.4, -0.2) is 30.2 Å². The first-order valence-corrected chi connectivity index (χ1v) is 7.96. The molecule has 0 aliphatic carbocycles. The lowest BCUT2D eigenvalue weighted by Crippen LogP contribution is -2.10. The van der Waals surface area contributed by atoms with Gasteiger partial charge in [0.1, 0.15) is 17.9 Å². The lowest BCUT2D eigenvalue weighted by molar-refractivity contribution is 0.347. The SMILES string of the molecule is COc1cc(CNc2nc3ccc(OCC(=CF)CN)cc3o2)ccn1. The Morgan fingerprint density at radius 1 is 1.35 bits per heavy atom. The normalized spacial score (nSPS) is 11.6. The van der Waals surface area contributed by atoms with Gasteiger partial charge in [-0.25, -0.2) is 9.37 Å². The van der Waals surface area contributed by atoms with Crippen molar-refractivity contribution in [3.05, 3.63) is 54.0 Å². The first-order valence-electron chi connectivity index (χ1n) is 7.96. The molecule has 0 aliphatic heterocycles. The predicted molar refractivity (Wildman–Crippen MR) is 95.9 cm³/mol. The fourth-order valence-corrected chi connectivity index (χ4v) is 2.23. The van der Waals surface area contributed by atoms with Gasteiger partial charge in [-0.2, -0.15) is 4.98 Å². The highest BCUT2D eigenvalue weighted by atomic mass is 19.1. The summed E-state index contributed by atoms with van der Waals surface area (Å²) in [5.74, 6) is 1.09. The predicted octanol–water partition coefficient (Wildman–Crippen LogP) is 3.03. The van der Waals surface area contributed by atoms with Crippen molar-refractivity contribution in [1.29, 1.82) is 0 Å². The molecule has 0 radical (unpaired) electrons. The highest BCUT2D eigenvalue weighted by Gasteiger charge is 2.08. The number of halogens is 1. The third kappa shape index (κ3) is 4.28. The molecule has 2 heterocycles. The zero-order chi connectivity index (χ0) is 18.4. The van der Waals surface area contributed by atoms with Gasteiger partial charge in [-0.05, 0) is 23.8 Å². The zero-order valence-electron chi connectivity index (χ0n) is 14.2. The number of nitrogens with two attached hydrogens (primary N) is 1. The van der Waals surface area contributed by atoms with E-state index in [4.69, 9.17) is 19.6 Å². The maximum atomic E-state index is 12.5. The van der Waals surface area contributed by atoms with Crippen molar-refractivity contribution < 1.29 is 18.3 Å². The number of ether oxygens (including phenoxy) is 2. The van der Waals surface area contributed by atoms with Gasteiger partial charge >= 0.3 is 0 Å². The molecule has 0 unspecified atom stereocenters. The molecule has 0 atom stereocenters. The van der Waals surface area contributed by atoms with Gasteiger partial charge in [0.05, 0.1) is 13.4 Å². The quantitative estimate of drug-likeness (QED) is 0.639. The van der Waals surface area contributed by atoms with E-state index in [9.17, 15) is 4.39 Å². The largest absolute Gasteiger partial charge is 0.489 e. The van der Waals surface area contributed by atoms with E-state index in [-0.39, 0.29) is 13.2 Å². The lowest BCUT2D eigenvalue weighted by atomic mass is 10.2. The molecule has 1 aromatic carbocycles. The molecule has 8 heteroatoms. The molecule has 0 fully saturated rings. The number of hydrogen-bond acceptors (Lipinski definition) is 7. The summed E-state index contributed by atoms with van der Waals surface area (Å²) in [6.45, 7) is 0.701. The van der Waals surface area contributed by atoms with E-state index in [0.717, 1.165) is 5.56 Å². The maximum Gasteiger partial charge on any atom is 0.295 e. The number of aromatic nitrogens is 2. The minimum Gasteiger partial charge on any atom is -0.489 e. The van der Waals surface area contributed by atoms with Gasteiger partial charge in [0.15, 0.2) is 5.58 Å². The van der Waals surface area contributed by atoms with E-state index in [1.165, 1.54) is 0 Å². The van der Waals surface area contributed by atoms with Crippen LogP contribution in [0.2, 0.25) is 0 Å². The monoisotopic (exact) mass is 358 g/mol. The lowest BCUT2D eigenvalue weighted by Gasteiger charge is -2.06. The topological polar surface area (TPSA) is 95.4 Å². The highest BCUT2D eigenvalue weighted by Crippen LogP contribution is 2.24. The summed E-state index contributed by atoms with van der Waals surface area (Å²) in [6.07, 6.45) is 2.14. The van der Waals surface area contributed by atoms with E-state index in [2.05, 4.69) is 15.3 Å². The van der Waals surface area contributed by atoms with Gasteiger partial charge in [0.25, 0.3) is 6.01 Å². The van der Waals surface area contributed by atoms with E-state index >= 15 is 0 Å². The maximum absolute atomic E-state index is 12.5. The molecule has 136 valence electrons. The third-order valence-corrected chi connectivity index (χ3v) is 3.65. The fourth-order valence-electron chi connectivity index (χ4n) is 2.23. The Morgan fingerprint density at radius 2 is 2.23 bits per heavy atom. The number of fused-ring (bicyclic) bond motifs is 1. The summed E-state index contributed by atoms with van der Waals surface area (Å²) in [4.78, 5) is 8.43. The second-order valence-corrected chi connectivity index (χ2v) is 5.47. The molecule has 2 aromatic heterocycles. The Bertz CT molecular complexity index is 910. The number of rotatable bonds is 8. The molecule has 7 nitrogen and oxygen atoms in total. The molecule has 3 aromatic rings. The summed E-state index contributed by atoms with van der Waals surface area (Å²) in [5, 5.41) is 3.11. The fraction of sp³-hybridized carbons (Fsp3) is 0.222. The van der Waals surface area contributed by atoms with Gasteiger partial charge in [-0.3, -0.25) is 0 Å². The van der Waals surface area contributed by atoms with Crippen LogP contribution in [0.25, 0.3) is 11.1 Å². The number of nitrogens with one attached hydrogen (secondary N) is 1. The van der Waals surface area contributed by atoms with Gasteiger partial charge in [-0.1, -0.05) is 0 Å². The molecule has 0 amide bonds. The summed E-state index contributed by atoms with van der Waals surface area (Å²) in [6, 6.07) is 9.31. The number of nitrogens with zero attached hydrogens (tertiary/aromatic N) is 2. The summed E-state index contributed by atoms with van der Waals surface area (Å²) in [7, 11) is 1.57. The van der Waals surface area contributed by atoms with Crippen molar-refractivity contribution in [1.82, 2.24) is 9.97 Å². The number of methoxy groups -OCH3 is 1. The van der Waals surface area contributed by atoms with E-state index in [0.29, 0.717) is 47.2 Å². The highest BCUT2D eigenvalue weighted by molar-refractivity contribution is 5.76. The van der Waals surface area contributed by atoms with Crippen molar-refractivity contribution in [2.24, 2.45) is 5.73 Å². The Morgan fingerprint density at radius 3 is 3.00 bits per heavy atom. The Labute approximate surface area is 149 Å². The average Bonchev–Trinajstić information content (AvgIpc) is 3.09. The van der Waals surface area contributed by atoms with Crippen molar-refractivity contribution in [2.45, 2.75) is 6.54 Å². The molecule has 3 N–H and O–H groups in total. The van der Waals surface area contributed by atoms with Gasteiger partial charge < -0.3 is 24.9 Å². The summed E-state index contributed by atoms with van der Waals surface area (Å²) >= 11 is 0.